The van der Waals surface area contributed by atoms with Gasteiger partial charge >= 0.3 is 0 Å². The molecular formula is C10H12N2O2. The summed E-state index contributed by atoms with van der Waals surface area (Å²) in [4.78, 5) is 0. The smallest absolute Gasteiger partial charge is 0.133 e. The molecule has 0 aromatic heterocycles. The largest absolute Gasteiger partial charge is 0.508 e. The Morgan fingerprint density at radius 1 is 1.43 bits per heavy atom. The average molecular weight is 192 g/mol. The van der Waals surface area contributed by atoms with Gasteiger partial charge in [0.05, 0.1) is 0 Å². The normalized spacial score (nSPS) is 12.1. The first-order chi connectivity index (χ1) is 6.61. The van der Waals surface area contributed by atoms with Crippen molar-refractivity contribution >= 4 is 0 Å². The van der Waals surface area contributed by atoms with Crippen molar-refractivity contribution in [2.24, 2.45) is 5.73 Å². The monoisotopic (exact) mass is 192 g/mol. The predicted molar refractivity (Wildman–Crippen MR) is 51.7 cm³/mol. The number of nitrogens with two attached hydrogens (primary N) is 1. The van der Waals surface area contributed by atoms with E-state index >= 15 is 0 Å². The summed E-state index contributed by atoms with van der Waals surface area (Å²) >= 11 is 0. The van der Waals surface area contributed by atoms with Gasteiger partial charge in [0, 0.05) is 11.6 Å². The number of rotatable bonds is 2. The van der Waals surface area contributed by atoms with E-state index in [4.69, 9.17) is 11.0 Å². The molecule has 1 aromatic rings. The van der Waals surface area contributed by atoms with Crippen molar-refractivity contribution in [3.63, 3.8) is 0 Å². The summed E-state index contributed by atoms with van der Waals surface area (Å²) in [6.07, 6.45) is 0.589. The van der Waals surface area contributed by atoms with Crippen LogP contribution in [0.3, 0.4) is 0 Å². The lowest BCUT2D eigenvalue weighted by Gasteiger charge is -2.13. The molecule has 0 saturated carbocycles. The number of aromatic hydroxyl groups is 2. The summed E-state index contributed by atoms with van der Waals surface area (Å²) in [5, 5.41) is 27.7. The van der Waals surface area contributed by atoms with Gasteiger partial charge < -0.3 is 15.9 Å². The van der Waals surface area contributed by atoms with Crippen LogP contribution in [-0.4, -0.2) is 10.2 Å². The highest BCUT2D eigenvalue weighted by atomic mass is 16.3. The number of nitrogens with zero attached hydrogens (tertiary/aromatic N) is 1. The van der Waals surface area contributed by atoms with Crippen molar-refractivity contribution in [2.45, 2.75) is 19.4 Å². The minimum Gasteiger partial charge on any atom is -0.508 e. The number of hydrogen-bond acceptors (Lipinski definition) is 4. The highest BCUT2D eigenvalue weighted by molar-refractivity contribution is 5.55. The van der Waals surface area contributed by atoms with E-state index in [-0.39, 0.29) is 17.1 Å². The Morgan fingerprint density at radius 3 is 2.50 bits per heavy atom. The van der Waals surface area contributed by atoms with Crippen LogP contribution in [0.2, 0.25) is 0 Å². The Balaban J connectivity index is 3.39. The van der Waals surface area contributed by atoms with Gasteiger partial charge in [0.2, 0.25) is 0 Å². The van der Waals surface area contributed by atoms with Crippen molar-refractivity contribution in [3.8, 4) is 17.6 Å². The minimum absolute atomic E-state index is 0.0475. The highest BCUT2D eigenvalue weighted by Crippen LogP contribution is 2.33. The van der Waals surface area contributed by atoms with Gasteiger partial charge in [-0.25, -0.2) is 0 Å². The fraction of sp³-hybridized carbons (Fsp3) is 0.300. The molecule has 1 atom stereocenters. The van der Waals surface area contributed by atoms with Crippen molar-refractivity contribution in [1.29, 1.82) is 5.26 Å². The molecule has 0 aliphatic rings. The molecule has 0 amide bonds. The lowest BCUT2D eigenvalue weighted by atomic mass is 9.98. The molecule has 0 unspecified atom stereocenters. The summed E-state index contributed by atoms with van der Waals surface area (Å²) < 4.78 is 0. The Morgan fingerprint density at radius 2 is 2.00 bits per heavy atom. The quantitative estimate of drug-likeness (QED) is 0.617. The lowest BCUT2D eigenvalue weighted by molar-refractivity contribution is 0.445. The molecule has 4 heteroatoms. The molecule has 0 spiro atoms. The van der Waals surface area contributed by atoms with E-state index in [1.54, 1.807) is 0 Å². The standard InChI is InChI=1S/C10H12N2O2/c1-2-7(12)10-6(5-11)8(13)3-4-9(10)14/h3-4,7,13-14H,2,12H2,1H3/t7-/m1/s1. The second-order valence-electron chi connectivity index (χ2n) is 3.02. The summed E-state index contributed by atoms with van der Waals surface area (Å²) in [5.41, 5.74) is 6.09. The SMILES string of the molecule is CC[C@@H](N)c1c(O)ccc(O)c1C#N. The maximum atomic E-state index is 9.51. The first kappa shape index (κ1) is 10.4. The molecular weight excluding hydrogens is 180 g/mol. The van der Waals surface area contributed by atoms with Crippen LogP contribution in [-0.2, 0) is 0 Å². The van der Waals surface area contributed by atoms with Crippen LogP contribution < -0.4 is 5.73 Å². The Bertz CT molecular complexity index is 382. The summed E-state index contributed by atoms with van der Waals surface area (Å²) in [5.74, 6) is -0.196. The fourth-order valence-electron chi connectivity index (χ4n) is 1.29. The van der Waals surface area contributed by atoms with Crippen LogP contribution >= 0.6 is 0 Å². The number of benzene rings is 1. The molecule has 0 fully saturated rings. The van der Waals surface area contributed by atoms with Gasteiger partial charge in [-0.2, -0.15) is 5.26 Å². The fourth-order valence-corrected chi connectivity index (χ4v) is 1.29. The topological polar surface area (TPSA) is 90.3 Å². The summed E-state index contributed by atoms with van der Waals surface area (Å²) in [6, 6.07) is 4.01. The molecule has 74 valence electrons. The Hall–Kier alpha value is -1.73. The van der Waals surface area contributed by atoms with Crippen molar-refractivity contribution < 1.29 is 10.2 Å². The van der Waals surface area contributed by atoms with Gasteiger partial charge in [0.25, 0.3) is 0 Å². The summed E-state index contributed by atoms with van der Waals surface area (Å²) in [7, 11) is 0. The van der Waals surface area contributed by atoms with Crippen molar-refractivity contribution in [2.75, 3.05) is 0 Å². The zero-order valence-corrected chi connectivity index (χ0v) is 7.86. The van der Waals surface area contributed by atoms with E-state index in [1.807, 2.05) is 13.0 Å². The zero-order valence-electron chi connectivity index (χ0n) is 7.86. The summed E-state index contributed by atoms with van der Waals surface area (Å²) in [6.45, 7) is 1.84. The van der Waals surface area contributed by atoms with Crippen LogP contribution in [0, 0.1) is 11.3 Å². The van der Waals surface area contributed by atoms with Gasteiger partial charge in [-0.1, -0.05) is 6.92 Å². The minimum atomic E-state index is -0.434. The van der Waals surface area contributed by atoms with Gasteiger partial charge in [-0.15, -0.1) is 0 Å². The van der Waals surface area contributed by atoms with E-state index in [0.717, 1.165) is 0 Å². The van der Waals surface area contributed by atoms with Crippen LogP contribution in [0.4, 0.5) is 0 Å². The molecule has 1 rings (SSSR count). The van der Waals surface area contributed by atoms with Gasteiger partial charge in [-0.05, 0) is 18.6 Å². The number of nitriles is 1. The molecule has 1 aromatic carbocycles. The van der Waals surface area contributed by atoms with Crippen LogP contribution in [0.5, 0.6) is 11.5 Å². The number of hydrogen-bond donors (Lipinski definition) is 3. The molecule has 0 saturated heterocycles. The lowest BCUT2D eigenvalue weighted by Crippen LogP contribution is -2.10. The van der Waals surface area contributed by atoms with E-state index in [2.05, 4.69) is 0 Å². The van der Waals surface area contributed by atoms with Gasteiger partial charge in [0.15, 0.2) is 0 Å². The Labute approximate surface area is 82.2 Å². The Kier molecular flexibility index (Phi) is 2.95. The molecule has 14 heavy (non-hydrogen) atoms. The van der Waals surface area contributed by atoms with E-state index in [9.17, 15) is 10.2 Å². The van der Waals surface area contributed by atoms with E-state index in [1.165, 1.54) is 12.1 Å². The second kappa shape index (κ2) is 3.99. The maximum absolute atomic E-state index is 9.51. The average Bonchev–Trinajstić information content (AvgIpc) is 2.19. The number of phenolic OH excluding ortho intramolecular Hbond substituents is 2. The van der Waals surface area contributed by atoms with Crippen molar-refractivity contribution in [1.82, 2.24) is 0 Å². The first-order valence-electron chi connectivity index (χ1n) is 4.32. The third-order valence-electron chi connectivity index (χ3n) is 2.12. The molecule has 0 radical (unpaired) electrons. The molecule has 0 aliphatic carbocycles. The van der Waals surface area contributed by atoms with E-state index in [0.29, 0.717) is 12.0 Å². The molecule has 0 aliphatic heterocycles. The zero-order chi connectivity index (χ0) is 10.7. The molecule has 4 N–H and O–H groups in total. The first-order valence-corrected chi connectivity index (χ1v) is 4.32. The maximum Gasteiger partial charge on any atom is 0.133 e. The molecule has 0 bridgehead atoms. The molecule has 4 nitrogen and oxygen atoms in total. The van der Waals surface area contributed by atoms with Crippen LogP contribution in [0.15, 0.2) is 12.1 Å². The van der Waals surface area contributed by atoms with Gasteiger partial charge in [0.1, 0.15) is 23.1 Å². The molecule has 0 heterocycles. The van der Waals surface area contributed by atoms with Crippen LogP contribution in [0.25, 0.3) is 0 Å². The van der Waals surface area contributed by atoms with Gasteiger partial charge in [-0.3, -0.25) is 0 Å². The van der Waals surface area contributed by atoms with Crippen LogP contribution in [0.1, 0.15) is 30.5 Å². The third kappa shape index (κ3) is 1.63. The highest BCUT2D eigenvalue weighted by Gasteiger charge is 2.17. The third-order valence-corrected chi connectivity index (χ3v) is 2.12. The second-order valence-corrected chi connectivity index (χ2v) is 3.02. The van der Waals surface area contributed by atoms with Crippen molar-refractivity contribution in [3.05, 3.63) is 23.3 Å². The van der Waals surface area contributed by atoms with E-state index < -0.39 is 6.04 Å². The predicted octanol–water partition coefficient (Wildman–Crippen LogP) is 1.38. The number of phenols is 2.